The smallest absolute Gasteiger partial charge is 0.310 e. The van der Waals surface area contributed by atoms with E-state index in [-0.39, 0.29) is 5.97 Å². The van der Waals surface area contributed by atoms with Crippen LogP contribution >= 0.6 is 0 Å². The first kappa shape index (κ1) is 7.32. The van der Waals surface area contributed by atoms with E-state index in [9.17, 15) is 4.79 Å². The van der Waals surface area contributed by atoms with Crippen molar-refractivity contribution < 1.29 is 9.53 Å². The lowest BCUT2D eigenvalue weighted by Crippen LogP contribution is -2.06. The Morgan fingerprint density at radius 1 is 1.20 bits per heavy atom. The van der Waals surface area contributed by atoms with E-state index in [0.29, 0.717) is 12.2 Å². The fourth-order valence-corrected chi connectivity index (χ4v) is 1.03. The van der Waals surface area contributed by atoms with Crippen molar-refractivity contribution in [1.82, 2.24) is 0 Å². The Kier molecular flexibility index (Phi) is 2.49. The Morgan fingerprint density at radius 2 is 1.90 bits per heavy atom. The van der Waals surface area contributed by atoms with Gasteiger partial charge < -0.3 is 4.74 Å². The zero-order valence-corrected chi connectivity index (χ0v) is 6.06. The molecule has 1 aliphatic rings. The molecular formula is C8H12O2. The molecule has 0 amide bonds. The molecule has 1 heterocycles. The third-order valence-corrected chi connectivity index (χ3v) is 1.59. The van der Waals surface area contributed by atoms with E-state index in [1.165, 1.54) is 0 Å². The molecule has 1 saturated heterocycles. The average Bonchev–Trinajstić information content (AvgIpc) is 1.83. The highest BCUT2D eigenvalue weighted by Crippen LogP contribution is 2.14. The van der Waals surface area contributed by atoms with E-state index < -0.39 is 0 Å². The lowest BCUT2D eigenvalue weighted by molar-refractivity contribution is -0.140. The molecule has 0 unspecified atom stereocenters. The van der Waals surface area contributed by atoms with Crippen molar-refractivity contribution in [2.75, 3.05) is 0 Å². The zero-order valence-electron chi connectivity index (χ0n) is 6.06. The molecule has 0 spiro atoms. The first-order valence-corrected chi connectivity index (χ1v) is 3.67. The van der Waals surface area contributed by atoms with Crippen LogP contribution in [-0.4, -0.2) is 5.97 Å². The summed E-state index contributed by atoms with van der Waals surface area (Å²) in [6.45, 7) is 3.62. The second-order valence-electron chi connectivity index (χ2n) is 2.57. The van der Waals surface area contributed by atoms with Crippen molar-refractivity contribution >= 4 is 5.97 Å². The summed E-state index contributed by atoms with van der Waals surface area (Å²) >= 11 is 0. The van der Waals surface area contributed by atoms with Gasteiger partial charge in [-0.05, 0) is 12.8 Å². The van der Waals surface area contributed by atoms with Crippen LogP contribution in [0, 0.1) is 0 Å². The summed E-state index contributed by atoms with van der Waals surface area (Å²) in [5, 5.41) is 0. The Hall–Kier alpha value is -0.790. The van der Waals surface area contributed by atoms with Crippen molar-refractivity contribution in [3.63, 3.8) is 0 Å². The van der Waals surface area contributed by atoms with Crippen molar-refractivity contribution in [2.45, 2.75) is 32.1 Å². The van der Waals surface area contributed by atoms with Crippen LogP contribution in [0.15, 0.2) is 12.3 Å². The summed E-state index contributed by atoms with van der Waals surface area (Å²) in [6.07, 6.45) is 4.58. The highest BCUT2D eigenvalue weighted by Gasteiger charge is 2.08. The Labute approximate surface area is 60.9 Å². The standard InChI is InChI=1S/C8H12O2/c1-7-5-3-2-4-6-8(9)10-7/h1-6H2. The molecule has 0 bridgehead atoms. The summed E-state index contributed by atoms with van der Waals surface area (Å²) in [6, 6.07) is 0. The van der Waals surface area contributed by atoms with Crippen LogP contribution in [0.5, 0.6) is 0 Å². The van der Waals surface area contributed by atoms with Crippen LogP contribution in [-0.2, 0) is 9.53 Å². The Morgan fingerprint density at radius 3 is 2.70 bits per heavy atom. The Balaban J connectivity index is 2.40. The van der Waals surface area contributed by atoms with Gasteiger partial charge in [0.1, 0.15) is 5.76 Å². The van der Waals surface area contributed by atoms with Gasteiger partial charge in [0.15, 0.2) is 0 Å². The zero-order chi connectivity index (χ0) is 7.40. The molecular weight excluding hydrogens is 128 g/mol. The van der Waals surface area contributed by atoms with Crippen LogP contribution in [0.2, 0.25) is 0 Å². The lowest BCUT2D eigenvalue weighted by Gasteiger charge is -2.10. The number of hydrogen-bond donors (Lipinski definition) is 0. The van der Waals surface area contributed by atoms with Gasteiger partial charge in [0.05, 0.1) is 0 Å². The number of rotatable bonds is 0. The number of allylic oxidation sites excluding steroid dienone is 1. The third kappa shape index (κ3) is 2.21. The van der Waals surface area contributed by atoms with Crippen molar-refractivity contribution in [3.8, 4) is 0 Å². The van der Waals surface area contributed by atoms with E-state index in [2.05, 4.69) is 6.58 Å². The van der Waals surface area contributed by atoms with Gasteiger partial charge in [-0.15, -0.1) is 0 Å². The fourth-order valence-electron chi connectivity index (χ4n) is 1.03. The molecule has 1 fully saturated rings. The number of hydrogen-bond acceptors (Lipinski definition) is 2. The van der Waals surface area contributed by atoms with E-state index in [0.717, 1.165) is 25.7 Å². The van der Waals surface area contributed by atoms with Crippen LogP contribution in [0.4, 0.5) is 0 Å². The summed E-state index contributed by atoms with van der Waals surface area (Å²) < 4.78 is 4.86. The molecule has 0 saturated carbocycles. The van der Waals surface area contributed by atoms with Crippen LogP contribution in [0.3, 0.4) is 0 Å². The number of ether oxygens (including phenoxy) is 1. The predicted molar refractivity (Wildman–Crippen MR) is 38.3 cm³/mol. The third-order valence-electron chi connectivity index (χ3n) is 1.59. The maximum Gasteiger partial charge on any atom is 0.310 e. The SMILES string of the molecule is C=C1CCCCCC(=O)O1. The molecule has 0 atom stereocenters. The van der Waals surface area contributed by atoms with Crippen LogP contribution in [0.25, 0.3) is 0 Å². The molecule has 1 rings (SSSR count). The molecule has 56 valence electrons. The largest absolute Gasteiger partial charge is 0.432 e. The fraction of sp³-hybridized carbons (Fsp3) is 0.625. The predicted octanol–water partition coefficient (Wildman–Crippen LogP) is 2.01. The summed E-state index contributed by atoms with van der Waals surface area (Å²) in [7, 11) is 0. The van der Waals surface area contributed by atoms with E-state index in [4.69, 9.17) is 4.74 Å². The molecule has 0 N–H and O–H groups in total. The Bertz CT molecular complexity index is 133. The minimum absolute atomic E-state index is 0.121. The van der Waals surface area contributed by atoms with Gasteiger partial charge in [-0.1, -0.05) is 13.0 Å². The van der Waals surface area contributed by atoms with Crippen molar-refractivity contribution in [1.29, 1.82) is 0 Å². The number of carbonyl (C=O) groups is 1. The average molecular weight is 140 g/mol. The maximum atomic E-state index is 10.8. The maximum absolute atomic E-state index is 10.8. The molecule has 10 heavy (non-hydrogen) atoms. The highest BCUT2D eigenvalue weighted by molar-refractivity contribution is 5.70. The second kappa shape index (κ2) is 3.40. The van der Waals surface area contributed by atoms with Gasteiger partial charge in [0.25, 0.3) is 0 Å². The molecule has 1 aliphatic heterocycles. The molecule has 0 aromatic heterocycles. The van der Waals surface area contributed by atoms with Crippen LogP contribution in [0.1, 0.15) is 32.1 Å². The highest BCUT2D eigenvalue weighted by atomic mass is 16.5. The van der Waals surface area contributed by atoms with Crippen LogP contribution < -0.4 is 0 Å². The van der Waals surface area contributed by atoms with Gasteiger partial charge >= 0.3 is 5.97 Å². The van der Waals surface area contributed by atoms with Crippen molar-refractivity contribution in [3.05, 3.63) is 12.3 Å². The molecule has 0 aromatic carbocycles. The normalized spacial score (nSPS) is 21.2. The van der Waals surface area contributed by atoms with Crippen molar-refractivity contribution in [2.24, 2.45) is 0 Å². The molecule has 2 nitrogen and oxygen atoms in total. The van der Waals surface area contributed by atoms with Gasteiger partial charge in [0, 0.05) is 12.8 Å². The van der Waals surface area contributed by atoms with E-state index in [1.807, 2.05) is 0 Å². The van der Waals surface area contributed by atoms with Gasteiger partial charge in [0.2, 0.25) is 0 Å². The molecule has 0 aliphatic carbocycles. The van der Waals surface area contributed by atoms with Gasteiger partial charge in [-0.25, -0.2) is 0 Å². The second-order valence-corrected chi connectivity index (χ2v) is 2.57. The minimum atomic E-state index is -0.121. The minimum Gasteiger partial charge on any atom is -0.432 e. The summed E-state index contributed by atoms with van der Waals surface area (Å²) in [5.41, 5.74) is 0. The molecule has 2 heteroatoms. The summed E-state index contributed by atoms with van der Waals surface area (Å²) in [5.74, 6) is 0.509. The lowest BCUT2D eigenvalue weighted by atomic mass is 10.1. The van der Waals surface area contributed by atoms with E-state index in [1.54, 1.807) is 0 Å². The first-order valence-electron chi connectivity index (χ1n) is 3.67. The quantitative estimate of drug-likeness (QED) is 0.481. The number of esters is 1. The molecule has 0 radical (unpaired) electrons. The first-order chi connectivity index (χ1) is 4.79. The van der Waals surface area contributed by atoms with E-state index >= 15 is 0 Å². The van der Waals surface area contributed by atoms with Gasteiger partial charge in [-0.2, -0.15) is 0 Å². The van der Waals surface area contributed by atoms with Gasteiger partial charge in [-0.3, -0.25) is 4.79 Å². The monoisotopic (exact) mass is 140 g/mol. The number of carbonyl (C=O) groups excluding carboxylic acids is 1. The summed E-state index contributed by atoms with van der Waals surface area (Å²) in [4.78, 5) is 10.8. The number of cyclic esters (lactones) is 1. The molecule has 0 aromatic rings. The topological polar surface area (TPSA) is 26.3 Å².